The van der Waals surface area contributed by atoms with Gasteiger partial charge in [-0.05, 0) is 49.6 Å². The predicted molar refractivity (Wildman–Crippen MR) is 121 cm³/mol. The first-order chi connectivity index (χ1) is 14.1. The minimum absolute atomic E-state index is 0.681. The van der Waals surface area contributed by atoms with Crippen molar-refractivity contribution in [1.29, 1.82) is 0 Å². The Morgan fingerprint density at radius 2 is 1.59 bits per heavy atom. The normalized spacial score (nSPS) is 14.2. The molecule has 2 heterocycles. The molecule has 0 aliphatic carbocycles. The highest BCUT2D eigenvalue weighted by Crippen LogP contribution is 2.25. The van der Waals surface area contributed by atoms with E-state index in [1.165, 1.54) is 27.9 Å². The van der Waals surface area contributed by atoms with Gasteiger partial charge in [-0.3, -0.25) is 0 Å². The van der Waals surface area contributed by atoms with Crippen LogP contribution in [0.3, 0.4) is 0 Å². The summed E-state index contributed by atoms with van der Waals surface area (Å²) in [5.74, 6) is 1.67. The van der Waals surface area contributed by atoms with Gasteiger partial charge in [0.2, 0.25) is 5.95 Å². The highest BCUT2D eigenvalue weighted by molar-refractivity contribution is 5.57. The van der Waals surface area contributed by atoms with E-state index >= 15 is 0 Å². The first-order valence-electron chi connectivity index (χ1n) is 10.3. The van der Waals surface area contributed by atoms with E-state index in [1.807, 2.05) is 12.3 Å². The van der Waals surface area contributed by atoms with Gasteiger partial charge in [0.05, 0.1) is 0 Å². The number of aromatic nitrogens is 2. The summed E-state index contributed by atoms with van der Waals surface area (Å²) in [5.41, 5.74) is 6.59. The third-order valence-corrected chi connectivity index (χ3v) is 5.73. The fraction of sp³-hybridized carbons (Fsp3) is 0.333. The predicted octanol–water partition coefficient (Wildman–Crippen LogP) is 4.34. The number of aryl methyl sites for hydroxylation is 2. The van der Waals surface area contributed by atoms with Crippen molar-refractivity contribution in [3.63, 3.8) is 0 Å². The average molecular weight is 388 g/mol. The Labute approximate surface area is 173 Å². The summed E-state index contributed by atoms with van der Waals surface area (Å²) in [6, 6.07) is 17.1. The standard InChI is InChI=1S/C24H29N5/c1-18-7-9-21(10-8-18)17-26-24-25-12-11-23(27-24)29-15-13-28(14-16-29)22-6-4-5-19(2)20(22)3/h4-12H,13-17H2,1-3H3,(H,25,26,27). The molecule has 29 heavy (non-hydrogen) atoms. The van der Waals surface area contributed by atoms with Crippen LogP contribution in [0.4, 0.5) is 17.5 Å². The number of nitrogens with zero attached hydrogens (tertiary/aromatic N) is 4. The summed E-state index contributed by atoms with van der Waals surface area (Å²) < 4.78 is 0. The maximum atomic E-state index is 4.74. The molecule has 1 aromatic heterocycles. The Hall–Kier alpha value is -3.08. The highest BCUT2D eigenvalue weighted by Gasteiger charge is 2.20. The lowest BCUT2D eigenvalue weighted by Crippen LogP contribution is -2.47. The molecule has 0 radical (unpaired) electrons. The third kappa shape index (κ3) is 4.50. The maximum absolute atomic E-state index is 4.74. The smallest absolute Gasteiger partial charge is 0.224 e. The van der Waals surface area contributed by atoms with Crippen molar-refractivity contribution in [2.45, 2.75) is 27.3 Å². The van der Waals surface area contributed by atoms with Gasteiger partial charge < -0.3 is 15.1 Å². The van der Waals surface area contributed by atoms with Crippen LogP contribution in [0.2, 0.25) is 0 Å². The SMILES string of the molecule is Cc1ccc(CNc2nccc(N3CCN(c4cccc(C)c4C)CC3)n2)cc1. The molecule has 1 saturated heterocycles. The van der Waals surface area contributed by atoms with Crippen molar-refractivity contribution in [2.24, 2.45) is 0 Å². The average Bonchev–Trinajstić information content (AvgIpc) is 2.76. The summed E-state index contributed by atoms with van der Waals surface area (Å²) in [6.45, 7) is 11.1. The first-order valence-corrected chi connectivity index (χ1v) is 10.3. The van der Waals surface area contributed by atoms with Crippen LogP contribution in [0.5, 0.6) is 0 Å². The molecule has 0 saturated carbocycles. The summed E-state index contributed by atoms with van der Waals surface area (Å²) in [4.78, 5) is 14.0. The highest BCUT2D eigenvalue weighted by atomic mass is 15.3. The molecule has 5 heteroatoms. The van der Waals surface area contributed by atoms with Crippen LogP contribution in [0.25, 0.3) is 0 Å². The Morgan fingerprint density at radius 1 is 0.862 bits per heavy atom. The minimum atomic E-state index is 0.681. The number of benzene rings is 2. The second kappa shape index (κ2) is 8.52. The minimum Gasteiger partial charge on any atom is -0.368 e. The van der Waals surface area contributed by atoms with Gasteiger partial charge in [-0.15, -0.1) is 0 Å². The zero-order valence-electron chi connectivity index (χ0n) is 17.5. The molecule has 3 aromatic rings. The Kier molecular flexibility index (Phi) is 5.65. The fourth-order valence-electron chi connectivity index (χ4n) is 3.75. The zero-order chi connectivity index (χ0) is 20.2. The van der Waals surface area contributed by atoms with Crippen LogP contribution in [0.1, 0.15) is 22.3 Å². The maximum Gasteiger partial charge on any atom is 0.224 e. The molecular weight excluding hydrogens is 358 g/mol. The van der Waals surface area contributed by atoms with Gasteiger partial charge in [-0.25, -0.2) is 4.98 Å². The molecule has 1 fully saturated rings. The Balaban J connectivity index is 1.38. The van der Waals surface area contributed by atoms with E-state index in [1.54, 1.807) is 0 Å². The molecule has 0 spiro atoms. The van der Waals surface area contributed by atoms with Crippen LogP contribution >= 0.6 is 0 Å². The van der Waals surface area contributed by atoms with Crippen molar-refractivity contribution in [2.75, 3.05) is 41.3 Å². The van der Waals surface area contributed by atoms with Crippen molar-refractivity contribution in [3.8, 4) is 0 Å². The summed E-state index contributed by atoms with van der Waals surface area (Å²) in [6.07, 6.45) is 1.84. The van der Waals surface area contributed by atoms with Gasteiger partial charge in [-0.1, -0.05) is 42.0 Å². The molecule has 2 aromatic carbocycles. The van der Waals surface area contributed by atoms with E-state index in [0.717, 1.165) is 38.5 Å². The third-order valence-electron chi connectivity index (χ3n) is 5.73. The molecular formula is C24H29N5. The zero-order valence-corrected chi connectivity index (χ0v) is 17.5. The molecule has 4 rings (SSSR count). The lowest BCUT2D eigenvalue weighted by atomic mass is 10.1. The van der Waals surface area contributed by atoms with Crippen LogP contribution < -0.4 is 15.1 Å². The number of hydrogen-bond donors (Lipinski definition) is 1. The fourth-order valence-corrected chi connectivity index (χ4v) is 3.75. The van der Waals surface area contributed by atoms with Gasteiger partial charge in [-0.2, -0.15) is 4.98 Å². The number of anilines is 3. The molecule has 150 valence electrons. The second-order valence-corrected chi connectivity index (χ2v) is 7.77. The van der Waals surface area contributed by atoms with Crippen LogP contribution in [0.15, 0.2) is 54.7 Å². The molecule has 5 nitrogen and oxygen atoms in total. The molecule has 0 amide bonds. The summed E-state index contributed by atoms with van der Waals surface area (Å²) >= 11 is 0. The molecule has 0 unspecified atom stereocenters. The van der Waals surface area contributed by atoms with E-state index in [9.17, 15) is 0 Å². The van der Waals surface area contributed by atoms with Gasteiger partial charge in [0, 0.05) is 44.6 Å². The molecule has 1 aliphatic rings. The topological polar surface area (TPSA) is 44.3 Å². The van der Waals surface area contributed by atoms with Crippen molar-refractivity contribution in [3.05, 3.63) is 77.0 Å². The molecule has 1 aliphatic heterocycles. The van der Waals surface area contributed by atoms with E-state index in [2.05, 4.69) is 83.3 Å². The van der Waals surface area contributed by atoms with Crippen LogP contribution in [-0.4, -0.2) is 36.1 Å². The Bertz CT molecular complexity index is 959. The lowest BCUT2D eigenvalue weighted by Gasteiger charge is -2.37. The second-order valence-electron chi connectivity index (χ2n) is 7.77. The van der Waals surface area contributed by atoms with Crippen molar-refractivity contribution < 1.29 is 0 Å². The van der Waals surface area contributed by atoms with Gasteiger partial charge in [0.15, 0.2) is 0 Å². The summed E-state index contributed by atoms with van der Waals surface area (Å²) in [5, 5.41) is 3.35. The molecule has 0 atom stereocenters. The number of piperazine rings is 1. The molecule has 0 bridgehead atoms. The van der Waals surface area contributed by atoms with Gasteiger partial charge >= 0.3 is 0 Å². The first kappa shape index (κ1) is 19.2. The number of rotatable bonds is 5. The van der Waals surface area contributed by atoms with E-state index in [-0.39, 0.29) is 0 Å². The van der Waals surface area contributed by atoms with E-state index in [4.69, 9.17) is 4.98 Å². The quantitative estimate of drug-likeness (QED) is 0.705. The van der Waals surface area contributed by atoms with Crippen molar-refractivity contribution in [1.82, 2.24) is 9.97 Å². The summed E-state index contributed by atoms with van der Waals surface area (Å²) in [7, 11) is 0. The van der Waals surface area contributed by atoms with Gasteiger partial charge in [0.25, 0.3) is 0 Å². The van der Waals surface area contributed by atoms with Crippen LogP contribution in [0, 0.1) is 20.8 Å². The van der Waals surface area contributed by atoms with Crippen molar-refractivity contribution >= 4 is 17.5 Å². The van der Waals surface area contributed by atoms with E-state index < -0.39 is 0 Å². The largest absolute Gasteiger partial charge is 0.368 e. The number of hydrogen-bond acceptors (Lipinski definition) is 5. The lowest BCUT2D eigenvalue weighted by molar-refractivity contribution is 0.645. The number of nitrogens with one attached hydrogen (secondary N) is 1. The van der Waals surface area contributed by atoms with Gasteiger partial charge in [0.1, 0.15) is 5.82 Å². The molecule has 1 N–H and O–H groups in total. The Morgan fingerprint density at radius 3 is 2.34 bits per heavy atom. The monoisotopic (exact) mass is 387 g/mol. The van der Waals surface area contributed by atoms with E-state index in [0.29, 0.717) is 5.95 Å². The van der Waals surface area contributed by atoms with Crippen LogP contribution in [-0.2, 0) is 6.54 Å².